The number of benzene rings is 2. The molecular formula is C32H34ClN7O3. The first-order chi connectivity index (χ1) is 20.9. The van der Waals surface area contributed by atoms with Crippen molar-refractivity contribution in [1.29, 1.82) is 0 Å². The summed E-state index contributed by atoms with van der Waals surface area (Å²) in [5, 5.41) is 4.49. The van der Waals surface area contributed by atoms with Crippen LogP contribution in [0.25, 0.3) is 34.1 Å². The van der Waals surface area contributed by atoms with E-state index >= 15 is 0 Å². The Balaban J connectivity index is 1.47. The first-order valence-corrected chi connectivity index (χ1v) is 15.3. The van der Waals surface area contributed by atoms with Crippen LogP contribution in [-0.4, -0.2) is 49.4 Å². The summed E-state index contributed by atoms with van der Waals surface area (Å²) < 4.78 is 13.1. The number of ether oxygens (including phenoxy) is 1. The number of aromatic amines is 1. The lowest BCUT2D eigenvalue weighted by atomic mass is 9.83. The molecule has 0 spiro atoms. The number of halogens is 1. The van der Waals surface area contributed by atoms with Gasteiger partial charge in [-0.25, -0.2) is 14.8 Å². The Kier molecular flexibility index (Phi) is 7.48. The standard InChI is InChI=1S/C32H34ClN7O3/c1-19-8-10-21(11-9-19)17-40-27-26(23-14-20(2)15-24(33)16-23)34-29(30-37-32(41)43-38-30)35-28(27)36-31(40)39-12-13-42-18-25(39)22-6-4-3-5-7-22/h3-7,14-16,19,21,25H,8-13,17-18H2,1-2H3,(H,37,38,41)/t19?,21?,25-/m0/s1. The van der Waals surface area contributed by atoms with E-state index in [2.05, 4.69) is 56.9 Å². The number of nitrogens with one attached hydrogen (secondary N) is 1. The van der Waals surface area contributed by atoms with Crippen LogP contribution >= 0.6 is 11.6 Å². The van der Waals surface area contributed by atoms with E-state index in [9.17, 15) is 4.79 Å². The van der Waals surface area contributed by atoms with Crippen molar-refractivity contribution >= 4 is 28.7 Å². The van der Waals surface area contributed by atoms with Crippen LogP contribution in [-0.2, 0) is 11.3 Å². The van der Waals surface area contributed by atoms with Crippen LogP contribution in [0.2, 0.25) is 5.02 Å². The van der Waals surface area contributed by atoms with Crippen molar-refractivity contribution in [2.45, 2.75) is 52.1 Å². The van der Waals surface area contributed by atoms with Gasteiger partial charge < -0.3 is 14.2 Å². The topological polar surface area (TPSA) is 115 Å². The fourth-order valence-corrected chi connectivity index (χ4v) is 6.78. The van der Waals surface area contributed by atoms with Crippen molar-refractivity contribution < 1.29 is 9.26 Å². The molecule has 2 fully saturated rings. The number of H-pyrrole nitrogens is 1. The van der Waals surface area contributed by atoms with Crippen molar-refractivity contribution in [3.63, 3.8) is 0 Å². The summed E-state index contributed by atoms with van der Waals surface area (Å²) in [5.74, 6) is 1.80. The van der Waals surface area contributed by atoms with Gasteiger partial charge in [0, 0.05) is 23.7 Å². The minimum absolute atomic E-state index is 0.00641. The Morgan fingerprint density at radius 1 is 1.05 bits per heavy atom. The highest BCUT2D eigenvalue weighted by Crippen LogP contribution is 2.39. The van der Waals surface area contributed by atoms with Crippen molar-refractivity contribution in [3.8, 4) is 22.9 Å². The third kappa shape index (κ3) is 5.57. The van der Waals surface area contributed by atoms with Gasteiger partial charge in [-0.3, -0.25) is 9.51 Å². The Bertz CT molecular complexity index is 1790. The molecule has 1 aliphatic heterocycles. The molecule has 1 N–H and O–H groups in total. The van der Waals surface area contributed by atoms with Gasteiger partial charge in [-0.05, 0) is 60.9 Å². The maximum Gasteiger partial charge on any atom is 0.439 e. The average molecular weight is 600 g/mol. The lowest BCUT2D eigenvalue weighted by Gasteiger charge is -2.37. The lowest BCUT2D eigenvalue weighted by Crippen LogP contribution is -2.41. The molecule has 0 unspecified atom stereocenters. The van der Waals surface area contributed by atoms with E-state index < -0.39 is 5.76 Å². The number of imidazole rings is 1. The molecule has 1 saturated carbocycles. The summed E-state index contributed by atoms with van der Waals surface area (Å²) in [4.78, 5) is 31.8. The van der Waals surface area contributed by atoms with Crippen molar-refractivity contribution in [2.75, 3.05) is 24.7 Å². The van der Waals surface area contributed by atoms with Gasteiger partial charge in [-0.1, -0.05) is 66.9 Å². The van der Waals surface area contributed by atoms with Gasteiger partial charge >= 0.3 is 5.76 Å². The molecule has 1 saturated heterocycles. The molecular weight excluding hydrogens is 566 g/mol. The Labute approximate surface area is 254 Å². The zero-order chi connectivity index (χ0) is 29.5. The second kappa shape index (κ2) is 11.6. The molecule has 0 radical (unpaired) electrons. The van der Waals surface area contributed by atoms with Gasteiger partial charge in [0.1, 0.15) is 11.2 Å². The molecule has 5 aromatic rings. The smallest absolute Gasteiger partial charge is 0.377 e. The Morgan fingerprint density at radius 3 is 2.60 bits per heavy atom. The second-order valence-electron chi connectivity index (χ2n) is 11.9. The number of anilines is 1. The predicted octanol–water partition coefficient (Wildman–Crippen LogP) is 6.20. The number of hydrogen-bond acceptors (Lipinski definition) is 8. The maximum atomic E-state index is 11.9. The summed E-state index contributed by atoms with van der Waals surface area (Å²) in [7, 11) is 0. The minimum atomic E-state index is -0.671. The summed E-state index contributed by atoms with van der Waals surface area (Å²) in [6, 6.07) is 16.3. The van der Waals surface area contributed by atoms with Crippen LogP contribution in [0.15, 0.2) is 57.8 Å². The molecule has 4 heterocycles. The molecule has 0 bridgehead atoms. The Hall–Kier alpha value is -4.02. The van der Waals surface area contributed by atoms with Gasteiger partial charge in [0.15, 0.2) is 5.65 Å². The first kappa shape index (κ1) is 27.8. The number of nitrogens with zero attached hydrogens (tertiary/aromatic N) is 6. The van der Waals surface area contributed by atoms with Crippen molar-refractivity contribution in [1.82, 2.24) is 29.7 Å². The Morgan fingerprint density at radius 2 is 1.86 bits per heavy atom. The molecule has 10 nitrogen and oxygen atoms in total. The summed E-state index contributed by atoms with van der Waals surface area (Å²) in [5.41, 5.74) is 5.07. The molecule has 7 rings (SSSR count). The number of fused-ring (bicyclic) bond motifs is 1. The van der Waals surface area contributed by atoms with E-state index in [1.165, 1.54) is 18.4 Å². The number of morpholine rings is 1. The van der Waals surface area contributed by atoms with Crippen LogP contribution in [0.4, 0.5) is 5.95 Å². The van der Waals surface area contributed by atoms with Crippen LogP contribution < -0.4 is 10.7 Å². The van der Waals surface area contributed by atoms with Crippen LogP contribution in [0, 0.1) is 18.8 Å². The quantitative estimate of drug-likeness (QED) is 0.245. The van der Waals surface area contributed by atoms with E-state index in [0.29, 0.717) is 42.0 Å². The van der Waals surface area contributed by atoms with E-state index in [0.717, 1.165) is 47.9 Å². The van der Waals surface area contributed by atoms with Gasteiger partial charge in [0.05, 0.1) is 19.3 Å². The molecule has 11 heteroatoms. The van der Waals surface area contributed by atoms with Crippen LogP contribution in [0.3, 0.4) is 0 Å². The molecule has 2 aliphatic rings. The molecule has 1 aliphatic carbocycles. The molecule has 2 aromatic carbocycles. The zero-order valence-corrected chi connectivity index (χ0v) is 25.0. The summed E-state index contributed by atoms with van der Waals surface area (Å²) in [6.07, 6.45) is 4.77. The highest BCUT2D eigenvalue weighted by Gasteiger charge is 2.32. The molecule has 222 valence electrons. The zero-order valence-electron chi connectivity index (χ0n) is 24.3. The lowest BCUT2D eigenvalue weighted by molar-refractivity contribution is 0.0927. The fraction of sp³-hybridized carbons (Fsp3) is 0.406. The normalized spacial score (nSPS) is 21.0. The summed E-state index contributed by atoms with van der Waals surface area (Å²) >= 11 is 6.57. The van der Waals surface area contributed by atoms with E-state index in [4.69, 9.17) is 35.8 Å². The van der Waals surface area contributed by atoms with E-state index in [1.54, 1.807) is 0 Å². The molecule has 1 atom stereocenters. The summed E-state index contributed by atoms with van der Waals surface area (Å²) in [6.45, 7) is 7.00. The molecule has 0 amide bonds. The first-order valence-electron chi connectivity index (χ1n) is 14.9. The number of aromatic nitrogens is 6. The SMILES string of the molecule is Cc1cc(Cl)cc(-c2nc(-c3noc(=O)[nH]3)nc3nc(N4CCOC[C@H]4c4ccccc4)n(CC4CCC(C)CC4)c23)c1. The maximum absolute atomic E-state index is 11.9. The largest absolute Gasteiger partial charge is 0.439 e. The predicted molar refractivity (Wildman–Crippen MR) is 165 cm³/mol. The second-order valence-corrected chi connectivity index (χ2v) is 12.3. The van der Waals surface area contributed by atoms with Crippen LogP contribution in [0.1, 0.15) is 49.8 Å². The van der Waals surface area contributed by atoms with Crippen molar-refractivity contribution in [2.24, 2.45) is 11.8 Å². The van der Waals surface area contributed by atoms with Crippen molar-refractivity contribution in [3.05, 3.63) is 75.2 Å². The van der Waals surface area contributed by atoms with E-state index in [1.807, 2.05) is 25.1 Å². The minimum Gasteiger partial charge on any atom is -0.377 e. The third-order valence-electron chi connectivity index (χ3n) is 8.70. The molecule has 3 aromatic heterocycles. The highest BCUT2D eigenvalue weighted by molar-refractivity contribution is 6.31. The van der Waals surface area contributed by atoms with Gasteiger partial charge in [-0.2, -0.15) is 4.98 Å². The monoisotopic (exact) mass is 599 g/mol. The highest BCUT2D eigenvalue weighted by atomic mass is 35.5. The van der Waals surface area contributed by atoms with Crippen LogP contribution in [0.5, 0.6) is 0 Å². The fourth-order valence-electron chi connectivity index (χ4n) is 6.49. The van der Waals surface area contributed by atoms with Gasteiger partial charge in [0.25, 0.3) is 0 Å². The van der Waals surface area contributed by atoms with E-state index in [-0.39, 0.29) is 17.7 Å². The molecule has 43 heavy (non-hydrogen) atoms. The van der Waals surface area contributed by atoms with Gasteiger partial charge in [-0.15, -0.1) is 0 Å². The average Bonchev–Trinajstić information content (AvgIpc) is 3.61. The third-order valence-corrected chi connectivity index (χ3v) is 8.91. The number of aryl methyl sites for hydroxylation is 1. The number of rotatable bonds is 6. The number of hydrogen-bond donors (Lipinski definition) is 1. The van der Waals surface area contributed by atoms with Gasteiger partial charge in [0.2, 0.25) is 17.6 Å².